The van der Waals surface area contributed by atoms with Crippen LogP contribution < -0.4 is 5.73 Å². The number of likely N-dealkylation sites (tertiary alicyclic amines) is 1. The van der Waals surface area contributed by atoms with Crippen LogP contribution in [0.1, 0.15) is 30.9 Å². The SMILES string of the molecule is CCOC(=O)C1CCCN(Cc2ccc(CN)cc2F)C1. The Bertz CT molecular complexity index is 493. The Morgan fingerprint density at radius 2 is 2.33 bits per heavy atom. The predicted octanol–water partition coefficient (Wildman–Crippen LogP) is 2.06. The average Bonchev–Trinajstić information content (AvgIpc) is 2.50. The van der Waals surface area contributed by atoms with Crippen molar-refractivity contribution in [3.05, 3.63) is 35.1 Å². The maximum Gasteiger partial charge on any atom is 0.310 e. The number of halogens is 1. The molecule has 2 rings (SSSR count). The van der Waals surface area contributed by atoms with Crippen molar-refractivity contribution in [3.8, 4) is 0 Å². The number of nitrogens with two attached hydrogens (primary N) is 1. The molecule has 1 saturated heterocycles. The van der Waals surface area contributed by atoms with E-state index in [0.717, 1.165) is 24.9 Å². The summed E-state index contributed by atoms with van der Waals surface area (Å²) < 4.78 is 19.1. The van der Waals surface area contributed by atoms with Crippen molar-refractivity contribution in [2.24, 2.45) is 11.7 Å². The van der Waals surface area contributed by atoms with Gasteiger partial charge in [0.2, 0.25) is 0 Å². The van der Waals surface area contributed by atoms with Crippen molar-refractivity contribution in [1.82, 2.24) is 4.90 Å². The lowest BCUT2D eigenvalue weighted by Gasteiger charge is -2.31. The lowest BCUT2D eigenvalue weighted by molar-refractivity contribution is -0.150. The fourth-order valence-corrected chi connectivity index (χ4v) is 2.74. The molecule has 116 valence electrons. The molecule has 0 bridgehead atoms. The summed E-state index contributed by atoms with van der Waals surface area (Å²) in [7, 11) is 0. The van der Waals surface area contributed by atoms with Gasteiger partial charge in [0.05, 0.1) is 12.5 Å². The van der Waals surface area contributed by atoms with Crippen LogP contribution in [0.5, 0.6) is 0 Å². The Kier molecular flexibility index (Phi) is 5.70. The van der Waals surface area contributed by atoms with E-state index in [2.05, 4.69) is 4.90 Å². The summed E-state index contributed by atoms with van der Waals surface area (Å²) in [4.78, 5) is 13.9. The van der Waals surface area contributed by atoms with E-state index >= 15 is 0 Å². The van der Waals surface area contributed by atoms with E-state index in [9.17, 15) is 9.18 Å². The summed E-state index contributed by atoms with van der Waals surface area (Å²) in [5.74, 6) is -0.456. The van der Waals surface area contributed by atoms with Crippen molar-refractivity contribution in [1.29, 1.82) is 0 Å². The summed E-state index contributed by atoms with van der Waals surface area (Å²) in [5.41, 5.74) is 6.95. The molecular weight excluding hydrogens is 271 g/mol. The van der Waals surface area contributed by atoms with Gasteiger partial charge in [0.25, 0.3) is 0 Å². The minimum atomic E-state index is -0.226. The van der Waals surface area contributed by atoms with Crippen LogP contribution in [0.4, 0.5) is 4.39 Å². The van der Waals surface area contributed by atoms with Crippen LogP contribution in [0.2, 0.25) is 0 Å². The van der Waals surface area contributed by atoms with Gasteiger partial charge in [-0.05, 0) is 37.9 Å². The molecule has 4 nitrogen and oxygen atoms in total. The third kappa shape index (κ3) is 4.25. The van der Waals surface area contributed by atoms with E-state index in [4.69, 9.17) is 10.5 Å². The van der Waals surface area contributed by atoms with Crippen molar-refractivity contribution in [2.75, 3.05) is 19.7 Å². The highest BCUT2D eigenvalue weighted by Gasteiger charge is 2.27. The fraction of sp³-hybridized carbons (Fsp3) is 0.562. The highest BCUT2D eigenvalue weighted by Crippen LogP contribution is 2.21. The van der Waals surface area contributed by atoms with E-state index in [1.165, 1.54) is 6.07 Å². The Morgan fingerprint density at radius 3 is 3.00 bits per heavy atom. The first-order valence-corrected chi connectivity index (χ1v) is 7.50. The van der Waals surface area contributed by atoms with Gasteiger partial charge in [-0.2, -0.15) is 0 Å². The van der Waals surface area contributed by atoms with Crippen molar-refractivity contribution in [3.63, 3.8) is 0 Å². The van der Waals surface area contributed by atoms with Gasteiger partial charge in [-0.25, -0.2) is 4.39 Å². The molecule has 1 atom stereocenters. The first-order valence-electron chi connectivity index (χ1n) is 7.50. The molecule has 1 aromatic rings. The zero-order valence-corrected chi connectivity index (χ0v) is 12.5. The third-order valence-corrected chi connectivity index (χ3v) is 3.87. The van der Waals surface area contributed by atoms with E-state index < -0.39 is 0 Å². The minimum absolute atomic E-state index is 0.0925. The van der Waals surface area contributed by atoms with Crippen molar-refractivity contribution < 1.29 is 13.9 Å². The molecule has 5 heteroatoms. The molecule has 2 N–H and O–H groups in total. The molecule has 0 radical (unpaired) electrons. The van der Waals surface area contributed by atoms with E-state index in [1.54, 1.807) is 6.07 Å². The Morgan fingerprint density at radius 1 is 1.52 bits per heavy atom. The van der Waals surface area contributed by atoms with Crippen LogP contribution in [-0.2, 0) is 22.6 Å². The molecule has 1 fully saturated rings. The molecular formula is C16H23FN2O2. The molecule has 0 aromatic heterocycles. The topological polar surface area (TPSA) is 55.6 Å². The number of hydrogen-bond acceptors (Lipinski definition) is 4. The van der Waals surface area contributed by atoms with Crippen LogP contribution in [0.3, 0.4) is 0 Å². The number of esters is 1. The van der Waals surface area contributed by atoms with Gasteiger partial charge in [0.15, 0.2) is 0 Å². The summed E-state index contributed by atoms with van der Waals surface area (Å²) >= 11 is 0. The quantitative estimate of drug-likeness (QED) is 0.845. The van der Waals surface area contributed by atoms with Crippen molar-refractivity contribution >= 4 is 5.97 Å². The van der Waals surface area contributed by atoms with Gasteiger partial charge in [-0.15, -0.1) is 0 Å². The van der Waals surface area contributed by atoms with E-state index in [0.29, 0.717) is 31.8 Å². The molecule has 1 heterocycles. The smallest absolute Gasteiger partial charge is 0.310 e. The van der Waals surface area contributed by atoms with E-state index in [-0.39, 0.29) is 17.7 Å². The molecule has 0 saturated carbocycles. The second kappa shape index (κ2) is 7.52. The lowest BCUT2D eigenvalue weighted by Crippen LogP contribution is -2.39. The maximum atomic E-state index is 14.0. The molecule has 1 aromatic carbocycles. The Balaban J connectivity index is 1.97. The van der Waals surface area contributed by atoms with Gasteiger partial charge in [0.1, 0.15) is 5.82 Å². The van der Waals surface area contributed by atoms with Crippen LogP contribution >= 0.6 is 0 Å². The number of rotatable bonds is 5. The number of nitrogens with zero attached hydrogens (tertiary/aromatic N) is 1. The summed E-state index contributed by atoms with van der Waals surface area (Å²) in [5, 5.41) is 0. The zero-order valence-electron chi connectivity index (χ0n) is 12.5. The minimum Gasteiger partial charge on any atom is -0.466 e. The van der Waals surface area contributed by atoms with Gasteiger partial charge in [-0.1, -0.05) is 12.1 Å². The summed E-state index contributed by atoms with van der Waals surface area (Å²) in [6.45, 7) is 4.60. The van der Waals surface area contributed by atoms with Gasteiger partial charge in [-0.3, -0.25) is 9.69 Å². The maximum absolute atomic E-state index is 14.0. The number of carbonyl (C=O) groups is 1. The number of ether oxygens (including phenoxy) is 1. The van der Waals surface area contributed by atoms with Gasteiger partial charge < -0.3 is 10.5 Å². The molecule has 1 aliphatic heterocycles. The Hall–Kier alpha value is -1.46. The fourth-order valence-electron chi connectivity index (χ4n) is 2.74. The summed E-state index contributed by atoms with van der Waals surface area (Å²) in [6, 6.07) is 5.12. The van der Waals surface area contributed by atoms with E-state index in [1.807, 2.05) is 13.0 Å². The van der Waals surface area contributed by atoms with Crippen LogP contribution in [-0.4, -0.2) is 30.6 Å². The third-order valence-electron chi connectivity index (χ3n) is 3.87. The van der Waals surface area contributed by atoms with Gasteiger partial charge in [0, 0.05) is 25.2 Å². The van der Waals surface area contributed by atoms with Crippen molar-refractivity contribution in [2.45, 2.75) is 32.9 Å². The molecule has 0 amide bonds. The monoisotopic (exact) mass is 294 g/mol. The highest BCUT2D eigenvalue weighted by atomic mass is 19.1. The molecule has 0 aliphatic carbocycles. The number of hydrogen-bond donors (Lipinski definition) is 1. The first-order chi connectivity index (χ1) is 10.1. The molecule has 1 aliphatic rings. The second-order valence-corrected chi connectivity index (χ2v) is 5.46. The first kappa shape index (κ1) is 15.9. The largest absolute Gasteiger partial charge is 0.466 e. The van der Waals surface area contributed by atoms with Crippen LogP contribution in [0, 0.1) is 11.7 Å². The molecule has 1 unspecified atom stereocenters. The predicted molar refractivity (Wildman–Crippen MR) is 78.9 cm³/mol. The molecule has 21 heavy (non-hydrogen) atoms. The van der Waals surface area contributed by atoms with Crippen LogP contribution in [0.15, 0.2) is 18.2 Å². The Labute approximate surface area is 125 Å². The number of benzene rings is 1. The summed E-state index contributed by atoms with van der Waals surface area (Å²) in [6.07, 6.45) is 1.79. The second-order valence-electron chi connectivity index (χ2n) is 5.46. The van der Waals surface area contributed by atoms with Gasteiger partial charge >= 0.3 is 5.97 Å². The number of piperidine rings is 1. The molecule has 0 spiro atoms. The zero-order chi connectivity index (χ0) is 15.2. The standard InChI is InChI=1S/C16H23FN2O2/c1-2-21-16(20)14-4-3-7-19(11-14)10-13-6-5-12(9-18)8-15(13)17/h5-6,8,14H,2-4,7,9-11,18H2,1H3. The lowest BCUT2D eigenvalue weighted by atomic mass is 9.97. The number of carbonyl (C=O) groups excluding carboxylic acids is 1. The van der Waals surface area contributed by atoms with Crippen LogP contribution in [0.25, 0.3) is 0 Å². The highest BCUT2D eigenvalue weighted by molar-refractivity contribution is 5.72. The average molecular weight is 294 g/mol. The normalized spacial score (nSPS) is 19.5.